The zero-order chi connectivity index (χ0) is 11.4. The largest absolute Gasteiger partial charge is 0.439 e. The van der Waals surface area contributed by atoms with E-state index in [0.717, 1.165) is 11.3 Å². The Morgan fingerprint density at radius 2 is 1.94 bits per heavy atom. The van der Waals surface area contributed by atoms with Crippen molar-refractivity contribution >= 4 is 0 Å². The molecule has 0 aliphatic carbocycles. The molecule has 0 amide bonds. The average molecular weight is 214 g/mol. The molecule has 0 fully saturated rings. The van der Waals surface area contributed by atoms with Crippen LogP contribution in [0.4, 0.5) is 0 Å². The van der Waals surface area contributed by atoms with Crippen molar-refractivity contribution in [2.45, 2.75) is 13.0 Å². The van der Waals surface area contributed by atoms with Gasteiger partial charge in [0.05, 0.1) is 0 Å². The Kier molecular flexibility index (Phi) is 3.17. The number of benzene rings is 1. The third kappa shape index (κ3) is 2.58. The molecule has 0 aliphatic rings. The monoisotopic (exact) mass is 214 g/mol. The first kappa shape index (κ1) is 10.6. The number of para-hydroxylation sites is 1. The lowest BCUT2D eigenvalue weighted by Crippen LogP contribution is -2.05. The van der Waals surface area contributed by atoms with Crippen molar-refractivity contribution in [2.75, 3.05) is 0 Å². The molecule has 1 atom stereocenters. The lowest BCUT2D eigenvalue weighted by molar-refractivity contribution is 0.461. The van der Waals surface area contributed by atoms with E-state index in [4.69, 9.17) is 10.5 Å². The van der Waals surface area contributed by atoms with Gasteiger partial charge in [0, 0.05) is 18.3 Å². The number of pyridine rings is 1. The Bertz CT molecular complexity index is 454. The van der Waals surface area contributed by atoms with Gasteiger partial charge in [-0.15, -0.1) is 0 Å². The van der Waals surface area contributed by atoms with Crippen LogP contribution in [0.5, 0.6) is 11.6 Å². The highest BCUT2D eigenvalue weighted by Crippen LogP contribution is 2.21. The van der Waals surface area contributed by atoms with Gasteiger partial charge in [0.2, 0.25) is 5.88 Å². The van der Waals surface area contributed by atoms with Crippen LogP contribution in [0.25, 0.3) is 0 Å². The number of nitrogens with two attached hydrogens (primary N) is 1. The molecule has 0 aliphatic heterocycles. The summed E-state index contributed by atoms with van der Waals surface area (Å²) in [4.78, 5) is 4.14. The maximum atomic E-state index is 5.79. The van der Waals surface area contributed by atoms with Crippen molar-refractivity contribution in [3.8, 4) is 11.6 Å². The summed E-state index contributed by atoms with van der Waals surface area (Å²) in [7, 11) is 0. The Morgan fingerprint density at radius 1 is 1.19 bits per heavy atom. The molecule has 1 heterocycles. The molecule has 1 aromatic heterocycles. The summed E-state index contributed by atoms with van der Waals surface area (Å²) in [6, 6.07) is 13.3. The second kappa shape index (κ2) is 4.77. The molecule has 82 valence electrons. The smallest absolute Gasteiger partial charge is 0.219 e. The van der Waals surface area contributed by atoms with E-state index in [2.05, 4.69) is 4.98 Å². The van der Waals surface area contributed by atoms with Gasteiger partial charge in [-0.1, -0.05) is 18.2 Å². The van der Waals surface area contributed by atoms with Gasteiger partial charge < -0.3 is 10.5 Å². The molecule has 0 bridgehead atoms. The molecule has 3 heteroatoms. The number of nitrogens with zero attached hydrogens (tertiary/aromatic N) is 1. The molecule has 0 radical (unpaired) electrons. The van der Waals surface area contributed by atoms with Crippen LogP contribution in [0.2, 0.25) is 0 Å². The lowest BCUT2D eigenvalue weighted by Gasteiger charge is -2.08. The highest BCUT2D eigenvalue weighted by Gasteiger charge is 2.02. The second-order valence-electron chi connectivity index (χ2n) is 3.63. The molecule has 1 aromatic carbocycles. The third-order valence-electron chi connectivity index (χ3n) is 2.25. The molecular formula is C13H14N2O. The third-order valence-corrected chi connectivity index (χ3v) is 2.25. The average Bonchev–Trinajstić information content (AvgIpc) is 2.30. The van der Waals surface area contributed by atoms with Gasteiger partial charge in [-0.2, -0.15) is 0 Å². The van der Waals surface area contributed by atoms with E-state index in [1.165, 1.54) is 0 Å². The Hall–Kier alpha value is -1.87. The van der Waals surface area contributed by atoms with Gasteiger partial charge in [-0.05, 0) is 30.7 Å². The number of hydrogen-bond acceptors (Lipinski definition) is 3. The lowest BCUT2D eigenvalue weighted by atomic mass is 10.1. The summed E-state index contributed by atoms with van der Waals surface area (Å²) in [5.74, 6) is 1.35. The van der Waals surface area contributed by atoms with E-state index in [1.807, 2.05) is 49.4 Å². The summed E-state index contributed by atoms with van der Waals surface area (Å²) >= 11 is 0. The number of aromatic nitrogens is 1. The first-order valence-corrected chi connectivity index (χ1v) is 5.20. The van der Waals surface area contributed by atoms with E-state index in [1.54, 1.807) is 6.20 Å². The second-order valence-corrected chi connectivity index (χ2v) is 3.63. The normalized spacial score (nSPS) is 12.1. The van der Waals surface area contributed by atoms with Crippen LogP contribution in [0.1, 0.15) is 18.5 Å². The highest BCUT2D eigenvalue weighted by molar-refractivity contribution is 5.29. The summed E-state index contributed by atoms with van der Waals surface area (Å²) in [5.41, 5.74) is 6.81. The van der Waals surface area contributed by atoms with E-state index in [9.17, 15) is 0 Å². The van der Waals surface area contributed by atoms with Crippen molar-refractivity contribution in [1.82, 2.24) is 4.98 Å². The summed E-state index contributed by atoms with van der Waals surface area (Å²) in [6.45, 7) is 1.93. The van der Waals surface area contributed by atoms with Gasteiger partial charge in [0.1, 0.15) is 5.75 Å². The van der Waals surface area contributed by atoms with E-state index >= 15 is 0 Å². The van der Waals surface area contributed by atoms with Gasteiger partial charge in [-0.3, -0.25) is 0 Å². The Morgan fingerprint density at radius 3 is 2.62 bits per heavy atom. The first-order chi connectivity index (χ1) is 7.75. The number of ether oxygens (including phenoxy) is 1. The fraction of sp³-hybridized carbons (Fsp3) is 0.154. The summed E-state index contributed by atoms with van der Waals surface area (Å²) in [6.07, 6.45) is 1.71. The van der Waals surface area contributed by atoms with Crippen LogP contribution in [0, 0.1) is 0 Å². The van der Waals surface area contributed by atoms with Crippen LogP contribution in [0.3, 0.4) is 0 Å². The zero-order valence-electron chi connectivity index (χ0n) is 9.13. The molecule has 2 N–H and O–H groups in total. The van der Waals surface area contributed by atoms with Crippen molar-refractivity contribution in [2.24, 2.45) is 5.73 Å². The summed E-state index contributed by atoms with van der Waals surface area (Å²) < 4.78 is 5.60. The fourth-order valence-corrected chi connectivity index (χ4v) is 1.37. The van der Waals surface area contributed by atoms with E-state index < -0.39 is 0 Å². The molecule has 3 nitrogen and oxygen atoms in total. The molecule has 0 saturated carbocycles. The minimum absolute atomic E-state index is 0.0128. The standard InChI is InChI=1S/C13H14N2O/c1-10(14)11-7-8-15-13(9-11)16-12-5-3-2-4-6-12/h2-10H,14H2,1H3/t10-/m1/s1. The molecule has 16 heavy (non-hydrogen) atoms. The van der Waals surface area contributed by atoms with Gasteiger partial charge in [0.15, 0.2) is 0 Å². The van der Waals surface area contributed by atoms with Gasteiger partial charge in [-0.25, -0.2) is 4.98 Å². The van der Waals surface area contributed by atoms with Crippen molar-refractivity contribution in [3.05, 3.63) is 54.2 Å². The Balaban J connectivity index is 2.19. The van der Waals surface area contributed by atoms with E-state index in [0.29, 0.717) is 5.88 Å². The minimum Gasteiger partial charge on any atom is -0.439 e. The molecular weight excluding hydrogens is 200 g/mol. The maximum Gasteiger partial charge on any atom is 0.219 e. The molecule has 2 rings (SSSR count). The predicted molar refractivity (Wildman–Crippen MR) is 63.4 cm³/mol. The number of rotatable bonds is 3. The number of hydrogen-bond donors (Lipinski definition) is 1. The Labute approximate surface area is 94.9 Å². The molecule has 0 saturated heterocycles. The van der Waals surface area contributed by atoms with Gasteiger partial charge >= 0.3 is 0 Å². The van der Waals surface area contributed by atoms with Crippen molar-refractivity contribution in [3.63, 3.8) is 0 Å². The quantitative estimate of drug-likeness (QED) is 0.854. The van der Waals surface area contributed by atoms with E-state index in [-0.39, 0.29) is 6.04 Å². The highest BCUT2D eigenvalue weighted by atomic mass is 16.5. The first-order valence-electron chi connectivity index (χ1n) is 5.20. The molecule has 0 unspecified atom stereocenters. The van der Waals surface area contributed by atoms with Crippen LogP contribution < -0.4 is 10.5 Å². The van der Waals surface area contributed by atoms with Crippen LogP contribution in [-0.4, -0.2) is 4.98 Å². The molecule has 0 spiro atoms. The van der Waals surface area contributed by atoms with Gasteiger partial charge in [0.25, 0.3) is 0 Å². The van der Waals surface area contributed by atoms with Crippen LogP contribution >= 0.6 is 0 Å². The van der Waals surface area contributed by atoms with Crippen LogP contribution in [-0.2, 0) is 0 Å². The summed E-state index contributed by atoms with van der Waals surface area (Å²) in [5, 5.41) is 0. The fourth-order valence-electron chi connectivity index (χ4n) is 1.37. The maximum absolute atomic E-state index is 5.79. The van der Waals surface area contributed by atoms with Crippen LogP contribution in [0.15, 0.2) is 48.7 Å². The topological polar surface area (TPSA) is 48.1 Å². The predicted octanol–water partition coefficient (Wildman–Crippen LogP) is 2.89. The van der Waals surface area contributed by atoms with Crippen molar-refractivity contribution < 1.29 is 4.74 Å². The SMILES string of the molecule is C[C@@H](N)c1ccnc(Oc2ccccc2)c1. The molecule has 2 aromatic rings. The minimum atomic E-state index is -0.0128. The van der Waals surface area contributed by atoms with Crippen molar-refractivity contribution in [1.29, 1.82) is 0 Å². The zero-order valence-corrected chi connectivity index (χ0v) is 9.13.